The maximum Gasteiger partial charge on any atom is 0.268 e. The van der Waals surface area contributed by atoms with Gasteiger partial charge in [0.25, 0.3) is 11.8 Å². The molecule has 0 aromatic carbocycles. The molecule has 0 N–H and O–H groups in total. The van der Waals surface area contributed by atoms with Crippen LogP contribution in [0.4, 0.5) is 0 Å². The first-order chi connectivity index (χ1) is 13.2. The number of thiophene rings is 2. The van der Waals surface area contributed by atoms with Crippen LogP contribution in [0.1, 0.15) is 23.6 Å². The molecule has 0 saturated carbocycles. The van der Waals surface area contributed by atoms with Gasteiger partial charge < -0.3 is 0 Å². The van der Waals surface area contributed by atoms with Gasteiger partial charge in [-0.05, 0) is 56.1 Å². The minimum atomic E-state index is -0.598. The Balaban J connectivity index is 2.08. The van der Waals surface area contributed by atoms with Crippen molar-refractivity contribution < 1.29 is 19.2 Å². The van der Waals surface area contributed by atoms with Gasteiger partial charge in [-0.1, -0.05) is 0 Å². The maximum absolute atomic E-state index is 13.2. The first kappa shape index (κ1) is 19.4. The summed E-state index contributed by atoms with van der Waals surface area (Å²) in [6.45, 7) is 2.55. The van der Waals surface area contributed by atoms with Crippen LogP contribution in [-0.2, 0) is 19.2 Å². The minimum absolute atomic E-state index is 0.0873. The molecule has 4 amide bonds. The summed E-state index contributed by atoms with van der Waals surface area (Å²) in [5.41, 5.74) is 0.628. The molecule has 4 rings (SSSR count). The number of carbonyl (C=O) groups is 4. The van der Waals surface area contributed by atoms with Crippen molar-refractivity contribution in [3.8, 4) is 0 Å². The Kier molecular flexibility index (Phi) is 4.77. The standard InChI is InChI=1S/C18H10Br2N2O4S2/c1-7(23)21-15(9-3-5-11(19)27-9)13-14(17(21)25)16(10-4-6-12(20)28-10)22(8(2)24)18(13)26/h3-6H,1-2H3. The van der Waals surface area contributed by atoms with Gasteiger partial charge in [-0.3, -0.25) is 19.2 Å². The number of halogens is 2. The van der Waals surface area contributed by atoms with Crippen LogP contribution in [0.15, 0.2) is 43.0 Å². The van der Waals surface area contributed by atoms with Crippen LogP contribution in [0.2, 0.25) is 0 Å². The lowest BCUT2D eigenvalue weighted by Gasteiger charge is -2.20. The highest BCUT2D eigenvalue weighted by atomic mass is 79.9. The molecule has 2 aliphatic heterocycles. The molecule has 0 bridgehead atoms. The Morgan fingerprint density at radius 3 is 1.36 bits per heavy atom. The zero-order valence-corrected chi connectivity index (χ0v) is 19.2. The van der Waals surface area contributed by atoms with Crippen molar-refractivity contribution in [3.63, 3.8) is 0 Å². The van der Waals surface area contributed by atoms with Gasteiger partial charge in [0.1, 0.15) is 0 Å². The Morgan fingerprint density at radius 2 is 1.11 bits per heavy atom. The van der Waals surface area contributed by atoms with Gasteiger partial charge in [0, 0.05) is 13.8 Å². The van der Waals surface area contributed by atoms with Crippen LogP contribution in [0.5, 0.6) is 0 Å². The second kappa shape index (κ2) is 6.87. The van der Waals surface area contributed by atoms with E-state index in [2.05, 4.69) is 31.9 Å². The highest BCUT2D eigenvalue weighted by molar-refractivity contribution is 9.11. The van der Waals surface area contributed by atoms with Gasteiger partial charge in [0.2, 0.25) is 11.8 Å². The third kappa shape index (κ3) is 2.78. The number of amides is 4. The summed E-state index contributed by atoms with van der Waals surface area (Å²) >= 11 is 9.33. The summed E-state index contributed by atoms with van der Waals surface area (Å²) in [7, 11) is 0. The number of nitrogens with zero attached hydrogens (tertiary/aromatic N) is 2. The van der Waals surface area contributed by atoms with E-state index in [9.17, 15) is 19.2 Å². The van der Waals surface area contributed by atoms with Crippen LogP contribution in [-0.4, -0.2) is 33.4 Å². The quantitative estimate of drug-likeness (QED) is 0.570. The molecule has 4 heterocycles. The summed E-state index contributed by atoms with van der Waals surface area (Å²) in [4.78, 5) is 54.2. The van der Waals surface area contributed by atoms with E-state index in [1.165, 1.54) is 36.5 Å². The SMILES string of the molecule is CC(=O)N1C(=O)C2=C(c3ccc(Br)s3)N(C(C)=O)C(=O)C2=C1c1ccc(Br)s1. The van der Waals surface area contributed by atoms with Crippen molar-refractivity contribution in [1.82, 2.24) is 9.80 Å². The topological polar surface area (TPSA) is 74.8 Å². The number of hydrogen-bond donors (Lipinski definition) is 0. The number of hydrogen-bond acceptors (Lipinski definition) is 6. The third-order valence-corrected chi connectivity index (χ3v) is 7.51. The number of carbonyl (C=O) groups excluding carboxylic acids is 4. The summed E-state index contributed by atoms with van der Waals surface area (Å²) in [5, 5.41) is 0. The van der Waals surface area contributed by atoms with E-state index < -0.39 is 23.6 Å². The smallest absolute Gasteiger partial charge is 0.268 e. The van der Waals surface area contributed by atoms with Crippen molar-refractivity contribution in [3.05, 3.63) is 52.7 Å². The molecule has 0 fully saturated rings. The molecule has 0 spiro atoms. The lowest BCUT2D eigenvalue weighted by molar-refractivity contribution is -0.137. The van der Waals surface area contributed by atoms with Crippen LogP contribution in [0.3, 0.4) is 0 Å². The highest BCUT2D eigenvalue weighted by Crippen LogP contribution is 2.49. The molecule has 28 heavy (non-hydrogen) atoms. The lowest BCUT2D eigenvalue weighted by atomic mass is 10.1. The van der Waals surface area contributed by atoms with Crippen molar-refractivity contribution >= 4 is 89.6 Å². The molecule has 2 aliphatic rings. The molecule has 0 unspecified atom stereocenters. The first-order valence-corrected chi connectivity index (χ1v) is 11.1. The molecule has 0 aliphatic carbocycles. The van der Waals surface area contributed by atoms with E-state index in [1.54, 1.807) is 24.3 Å². The van der Waals surface area contributed by atoms with Gasteiger partial charge in [0.05, 0.1) is 39.9 Å². The maximum atomic E-state index is 13.2. The summed E-state index contributed by atoms with van der Waals surface area (Å²) < 4.78 is 1.58. The Hall–Kier alpha value is -1.88. The van der Waals surface area contributed by atoms with E-state index in [-0.39, 0.29) is 22.5 Å². The van der Waals surface area contributed by atoms with Crippen molar-refractivity contribution in [1.29, 1.82) is 0 Å². The zero-order chi connectivity index (χ0) is 20.3. The molecule has 10 heteroatoms. The van der Waals surface area contributed by atoms with Crippen molar-refractivity contribution in [2.24, 2.45) is 0 Å². The molecule has 6 nitrogen and oxygen atoms in total. The number of rotatable bonds is 2. The molecule has 2 aromatic rings. The highest BCUT2D eigenvalue weighted by Gasteiger charge is 2.51. The van der Waals surface area contributed by atoms with Crippen molar-refractivity contribution in [2.45, 2.75) is 13.8 Å². The van der Waals surface area contributed by atoms with Gasteiger partial charge in [0.15, 0.2) is 0 Å². The van der Waals surface area contributed by atoms with Crippen LogP contribution < -0.4 is 0 Å². The van der Waals surface area contributed by atoms with Crippen LogP contribution >= 0.6 is 54.5 Å². The van der Waals surface area contributed by atoms with E-state index >= 15 is 0 Å². The minimum Gasteiger partial charge on any atom is -0.274 e. The molecule has 142 valence electrons. The van der Waals surface area contributed by atoms with Crippen LogP contribution in [0, 0.1) is 0 Å². The van der Waals surface area contributed by atoms with Gasteiger partial charge in [-0.15, -0.1) is 22.7 Å². The molecule has 2 aromatic heterocycles. The van der Waals surface area contributed by atoms with Gasteiger partial charge in [-0.25, -0.2) is 9.80 Å². The molecular formula is C18H10Br2N2O4S2. The summed E-state index contributed by atoms with van der Waals surface area (Å²) in [6, 6.07) is 7.01. The second-order valence-corrected chi connectivity index (χ2v) is 10.9. The molecule has 0 radical (unpaired) electrons. The van der Waals surface area contributed by atoms with Crippen molar-refractivity contribution in [2.75, 3.05) is 0 Å². The van der Waals surface area contributed by atoms with Crippen LogP contribution in [0.25, 0.3) is 11.4 Å². The number of fused-ring (bicyclic) bond motifs is 1. The Morgan fingerprint density at radius 1 is 0.750 bits per heavy atom. The van der Waals surface area contributed by atoms with Gasteiger partial charge in [-0.2, -0.15) is 0 Å². The molecule has 0 atom stereocenters. The fourth-order valence-electron chi connectivity index (χ4n) is 3.25. The van der Waals surface area contributed by atoms with Gasteiger partial charge >= 0.3 is 0 Å². The molecule has 0 saturated heterocycles. The predicted molar refractivity (Wildman–Crippen MR) is 113 cm³/mol. The predicted octanol–water partition coefficient (Wildman–Crippen LogP) is 4.23. The monoisotopic (exact) mass is 540 g/mol. The summed E-state index contributed by atoms with van der Waals surface area (Å²) in [6.07, 6.45) is 0. The molecular weight excluding hydrogens is 532 g/mol. The van der Waals surface area contributed by atoms with E-state index in [4.69, 9.17) is 0 Å². The Bertz CT molecular complexity index is 1070. The lowest BCUT2D eigenvalue weighted by Crippen LogP contribution is -2.34. The number of imide groups is 2. The zero-order valence-electron chi connectivity index (χ0n) is 14.4. The van der Waals surface area contributed by atoms with E-state index in [0.717, 1.165) is 17.4 Å². The summed E-state index contributed by atoms with van der Waals surface area (Å²) in [5.74, 6) is -2.18. The average Bonchev–Trinajstić information content (AvgIpc) is 3.33. The normalized spacial score (nSPS) is 16.6. The fraction of sp³-hybridized carbons (Fsp3) is 0.111. The second-order valence-electron chi connectivity index (χ2n) is 5.97. The average molecular weight is 542 g/mol. The van der Waals surface area contributed by atoms with E-state index in [1.807, 2.05) is 0 Å². The first-order valence-electron chi connectivity index (χ1n) is 7.92. The Labute approximate surface area is 184 Å². The largest absolute Gasteiger partial charge is 0.274 e. The van der Waals surface area contributed by atoms with E-state index in [0.29, 0.717) is 9.75 Å². The fourth-order valence-corrected chi connectivity index (χ4v) is 6.11. The third-order valence-electron chi connectivity index (χ3n) is 4.25.